The second-order valence-corrected chi connectivity index (χ2v) is 6.27. The maximum atomic E-state index is 12.0. The van der Waals surface area contributed by atoms with Gasteiger partial charge in [-0.25, -0.2) is 0 Å². The predicted octanol–water partition coefficient (Wildman–Crippen LogP) is 1.79. The largest absolute Gasteiger partial charge is 0.385 e. The number of amides is 1. The molecule has 2 N–H and O–H groups in total. The van der Waals surface area contributed by atoms with Crippen molar-refractivity contribution in [2.75, 3.05) is 26.5 Å². The van der Waals surface area contributed by atoms with E-state index in [1.165, 1.54) is 25.7 Å². The third-order valence-electron chi connectivity index (χ3n) is 3.69. The molecule has 0 bridgehead atoms. The van der Waals surface area contributed by atoms with Gasteiger partial charge in [-0.15, -0.1) is 0 Å². The molecule has 0 aromatic carbocycles. The highest BCUT2D eigenvalue weighted by atomic mass is 32.2. The Balaban J connectivity index is 2.27. The Bertz CT molecular complexity index is 264. The van der Waals surface area contributed by atoms with Crippen LogP contribution in [0.4, 0.5) is 0 Å². The molecule has 1 amide bonds. The number of hydrogen-bond acceptors (Lipinski definition) is 4. The first-order valence-corrected chi connectivity index (χ1v) is 8.53. The highest BCUT2D eigenvalue weighted by Gasteiger charge is 2.26. The highest BCUT2D eigenvalue weighted by Crippen LogP contribution is 2.27. The van der Waals surface area contributed by atoms with Gasteiger partial charge < -0.3 is 15.4 Å². The van der Waals surface area contributed by atoms with Crippen LogP contribution in [0.15, 0.2) is 0 Å². The van der Waals surface area contributed by atoms with Crippen LogP contribution in [0.3, 0.4) is 0 Å². The first-order valence-electron chi connectivity index (χ1n) is 7.24. The zero-order valence-corrected chi connectivity index (χ0v) is 13.2. The van der Waals surface area contributed by atoms with Gasteiger partial charge in [-0.05, 0) is 32.4 Å². The molecule has 112 valence electrons. The van der Waals surface area contributed by atoms with Gasteiger partial charge in [0.1, 0.15) is 0 Å². The SMILES string of the molecule is COCCCNC(=O)C(C)NC1CCCCC1SC. The summed E-state index contributed by atoms with van der Waals surface area (Å²) in [7, 11) is 1.68. The fourth-order valence-electron chi connectivity index (χ4n) is 2.55. The summed E-state index contributed by atoms with van der Waals surface area (Å²) in [4.78, 5) is 12.0. The van der Waals surface area contributed by atoms with Crippen LogP contribution in [-0.4, -0.2) is 49.8 Å². The van der Waals surface area contributed by atoms with Crippen molar-refractivity contribution < 1.29 is 9.53 Å². The summed E-state index contributed by atoms with van der Waals surface area (Å²) in [6, 6.07) is 0.365. The second-order valence-electron chi connectivity index (χ2n) is 5.19. The highest BCUT2D eigenvalue weighted by molar-refractivity contribution is 7.99. The molecule has 5 heteroatoms. The molecule has 3 unspecified atom stereocenters. The van der Waals surface area contributed by atoms with E-state index in [0.717, 1.165) is 6.42 Å². The Hall–Kier alpha value is -0.260. The third-order valence-corrected chi connectivity index (χ3v) is 4.86. The Morgan fingerprint density at radius 3 is 2.84 bits per heavy atom. The lowest BCUT2D eigenvalue weighted by Gasteiger charge is -2.33. The van der Waals surface area contributed by atoms with Crippen molar-refractivity contribution in [1.29, 1.82) is 0 Å². The Labute approximate surface area is 121 Å². The number of carbonyl (C=O) groups is 1. The quantitative estimate of drug-likeness (QED) is 0.669. The van der Waals surface area contributed by atoms with Crippen LogP contribution in [0.2, 0.25) is 0 Å². The van der Waals surface area contributed by atoms with Gasteiger partial charge in [0, 0.05) is 31.6 Å². The van der Waals surface area contributed by atoms with Gasteiger partial charge in [0.2, 0.25) is 5.91 Å². The lowest BCUT2D eigenvalue weighted by molar-refractivity contribution is -0.123. The molecule has 1 saturated carbocycles. The van der Waals surface area contributed by atoms with Crippen molar-refractivity contribution in [1.82, 2.24) is 10.6 Å². The van der Waals surface area contributed by atoms with E-state index < -0.39 is 0 Å². The van der Waals surface area contributed by atoms with E-state index in [1.807, 2.05) is 18.7 Å². The standard InChI is InChI=1S/C14H28N2O2S/c1-11(14(17)15-9-6-10-18-2)16-12-7-4-5-8-13(12)19-3/h11-13,16H,4-10H2,1-3H3,(H,15,17). The van der Waals surface area contributed by atoms with Gasteiger partial charge >= 0.3 is 0 Å². The maximum Gasteiger partial charge on any atom is 0.236 e. The van der Waals surface area contributed by atoms with Crippen molar-refractivity contribution in [2.45, 2.75) is 56.4 Å². The molecule has 1 fully saturated rings. The molecule has 0 aromatic rings. The molecule has 19 heavy (non-hydrogen) atoms. The molecule has 1 rings (SSSR count). The molecule has 4 nitrogen and oxygen atoms in total. The van der Waals surface area contributed by atoms with Crippen LogP contribution in [0.25, 0.3) is 0 Å². The van der Waals surface area contributed by atoms with E-state index in [-0.39, 0.29) is 11.9 Å². The van der Waals surface area contributed by atoms with E-state index in [1.54, 1.807) is 7.11 Å². The topological polar surface area (TPSA) is 50.4 Å². The lowest BCUT2D eigenvalue weighted by atomic mass is 9.94. The summed E-state index contributed by atoms with van der Waals surface area (Å²) in [5, 5.41) is 7.10. The minimum absolute atomic E-state index is 0.0986. The Kier molecular flexibility index (Phi) is 8.50. The first-order chi connectivity index (χ1) is 9.19. The van der Waals surface area contributed by atoms with Crippen molar-refractivity contribution in [2.24, 2.45) is 0 Å². The van der Waals surface area contributed by atoms with Crippen molar-refractivity contribution in [3.63, 3.8) is 0 Å². The Morgan fingerprint density at radius 2 is 2.16 bits per heavy atom. The fraction of sp³-hybridized carbons (Fsp3) is 0.929. The molecule has 1 aliphatic rings. The van der Waals surface area contributed by atoms with Gasteiger partial charge in [0.25, 0.3) is 0 Å². The zero-order chi connectivity index (χ0) is 14.1. The average molecular weight is 288 g/mol. The first kappa shape index (κ1) is 16.8. The number of thioether (sulfide) groups is 1. The Morgan fingerprint density at radius 1 is 1.42 bits per heavy atom. The molecule has 0 spiro atoms. The van der Waals surface area contributed by atoms with Gasteiger partial charge in [0.05, 0.1) is 6.04 Å². The predicted molar refractivity (Wildman–Crippen MR) is 81.7 cm³/mol. The summed E-state index contributed by atoms with van der Waals surface area (Å²) in [6.45, 7) is 3.34. The molecule has 0 saturated heterocycles. The maximum absolute atomic E-state index is 12.0. The van der Waals surface area contributed by atoms with Gasteiger partial charge in [-0.1, -0.05) is 12.8 Å². The minimum Gasteiger partial charge on any atom is -0.385 e. The molecular weight excluding hydrogens is 260 g/mol. The average Bonchev–Trinajstić information content (AvgIpc) is 2.44. The monoisotopic (exact) mass is 288 g/mol. The van der Waals surface area contributed by atoms with E-state index in [2.05, 4.69) is 16.9 Å². The number of nitrogens with one attached hydrogen (secondary N) is 2. The molecule has 0 radical (unpaired) electrons. The number of hydrogen-bond donors (Lipinski definition) is 2. The minimum atomic E-state index is -0.111. The molecule has 0 heterocycles. The fourth-order valence-corrected chi connectivity index (χ4v) is 3.49. The summed E-state index contributed by atoms with van der Waals surface area (Å²) >= 11 is 1.92. The smallest absolute Gasteiger partial charge is 0.236 e. The third kappa shape index (κ3) is 6.15. The normalized spacial score (nSPS) is 25.0. The molecular formula is C14H28N2O2S. The van der Waals surface area contributed by atoms with Gasteiger partial charge in [-0.3, -0.25) is 4.79 Å². The second kappa shape index (κ2) is 9.61. The van der Waals surface area contributed by atoms with Gasteiger partial charge in [0.15, 0.2) is 0 Å². The summed E-state index contributed by atoms with van der Waals surface area (Å²) in [5.74, 6) is 0.0986. The van der Waals surface area contributed by atoms with E-state index in [4.69, 9.17) is 4.74 Å². The zero-order valence-electron chi connectivity index (χ0n) is 12.4. The van der Waals surface area contributed by atoms with E-state index in [0.29, 0.717) is 24.4 Å². The summed E-state index contributed by atoms with van der Waals surface area (Å²) in [6.07, 6.45) is 8.08. The summed E-state index contributed by atoms with van der Waals surface area (Å²) in [5.41, 5.74) is 0. The van der Waals surface area contributed by atoms with Crippen LogP contribution in [0.1, 0.15) is 39.0 Å². The summed E-state index contributed by atoms with van der Waals surface area (Å²) < 4.78 is 4.96. The van der Waals surface area contributed by atoms with E-state index >= 15 is 0 Å². The van der Waals surface area contributed by atoms with Crippen LogP contribution in [-0.2, 0) is 9.53 Å². The number of ether oxygens (including phenoxy) is 1. The van der Waals surface area contributed by atoms with Crippen LogP contribution in [0, 0.1) is 0 Å². The molecule has 0 aliphatic heterocycles. The lowest BCUT2D eigenvalue weighted by Crippen LogP contribution is -2.51. The van der Waals surface area contributed by atoms with Crippen LogP contribution < -0.4 is 10.6 Å². The van der Waals surface area contributed by atoms with Crippen molar-refractivity contribution in [3.05, 3.63) is 0 Å². The molecule has 1 aliphatic carbocycles. The van der Waals surface area contributed by atoms with E-state index in [9.17, 15) is 4.79 Å². The number of carbonyl (C=O) groups excluding carboxylic acids is 1. The molecule has 0 aromatic heterocycles. The number of methoxy groups -OCH3 is 1. The van der Waals surface area contributed by atoms with Crippen molar-refractivity contribution in [3.8, 4) is 0 Å². The molecule has 3 atom stereocenters. The van der Waals surface area contributed by atoms with Gasteiger partial charge in [-0.2, -0.15) is 11.8 Å². The van der Waals surface area contributed by atoms with Crippen LogP contribution >= 0.6 is 11.8 Å². The van der Waals surface area contributed by atoms with Crippen LogP contribution in [0.5, 0.6) is 0 Å². The van der Waals surface area contributed by atoms with Crippen molar-refractivity contribution >= 4 is 17.7 Å². The number of rotatable bonds is 8.